The van der Waals surface area contributed by atoms with Crippen LogP contribution < -0.4 is 11.1 Å². The SMILES string of the molecule is NC(=O)[C@@H](CC[S@@](=O)c1ccccc1)NC(=O)Cc1ccc(C(F)(F)F)cc1. The zero-order valence-electron chi connectivity index (χ0n) is 14.7. The molecule has 0 spiro atoms. The molecule has 0 unspecified atom stereocenters. The summed E-state index contributed by atoms with van der Waals surface area (Å²) in [6.45, 7) is 0. The van der Waals surface area contributed by atoms with Crippen LogP contribution in [-0.2, 0) is 33.0 Å². The molecule has 0 aliphatic carbocycles. The van der Waals surface area contributed by atoms with E-state index in [0.717, 1.165) is 12.1 Å². The molecular weight excluding hydrogens is 393 g/mol. The third-order valence-electron chi connectivity index (χ3n) is 3.92. The van der Waals surface area contributed by atoms with Gasteiger partial charge in [0.2, 0.25) is 11.8 Å². The number of primary amides is 1. The molecule has 28 heavy (non-hydrogen) atoms. The Morgan fingerprint density at radius 3 is 2.18 bits per heavy atom. The lowest BCUT2D eigenvalue weighted by Gasteiger charge is -2.15. The van der Waals surface area contributed by atoms with E-state index in [4.69, 9.17) is 5.73 Å². The Kier molecular flexibility index (Phi) is 7.33. The molecular formula is C19H19F3N2O3S. The highest BCUT2D eigenvalue weighted by molar-refractivity contribution is 7.85. The van der Waals surface area contributed by atoms with E-state index in [9.17, 15) is 27.0 Å². The largest absolute Gasteiger partial charge is 0.416 e. The second kappa shape index (κ2) is 9.50. The van der Waals surface area contributed by atoms with Gasteiger partial charge in [-0.15, -0.1) is 0 Å². The van der Waals surface area contributed by atoms with Gasteiger partial charge in [0.05, 0.1) is 22.8 Å². The molecule has 2 amide bonds. The number of carbonyl (C=O) groups is 2. The topological polar surface area (TPSA) is 89.3 Å². The van der Waals surface area contributed by atoms with Crippen LogP contribution in [0.25, 0.3) is 0 Å². The van der Waals surface area contributed by atoms with E-state index in [1.807, 2.05) is 0 Å². The fraction of sp³-hybridized carbons (Fsp3) is 0.263. The molecule has 2 aromatic carbocycles. The molecule has 5 nitrogen and oxygen atoms in total. The zero-order valence-corrected chi connectivity index (χ0v) is 15.6. The lowest BCUT2D eigenvalue weighted by Crippen LogP contribution is -2.45. The molecule has 0 bridgehead atoms. The van der Waals surface area contributed by atoms with E-state index in [2.05, 4.69) is 5.32 Å². The lowest BCUT2D eigenvalue weighted by atomic mass is 10.1. The number of hydrogen-bond donors (Lipinski definition) is 2. The summed E-state index contributed by atoms with van der Waals surface area (Å²) < 4.78 is 49.9. The van der Waals surface area contributed by atoms with Crippen LogP contribution in [0.4, 0.5) is 13.2 Å². The Labute approximate surface area is 162 Å². The first-order valence-electron chi connectivity index (χ1n) is 8.35. The summed E-state index contributed by atoms with van der Waals surface area (Å²) >= 11 is 0. The fourth-order valence-electron chi connectivity index (χ4n) is 2.44. The maximum atomic E-state index is 12.6. The predicted octanol–water partition coefficient (Wildman–Crippen LogP) is 2.42. The number of amides is 2. The Bertz CT molecular complexity index is 840. The molecule has 0 aromatic heterocycles. The van der Waals surface area contributed by atoms with Gasteiger partial charge in [-0.05, 0) is 36.2 Å². The number of carbonyl (C=O) groups excluding carboxylic acids is 2. The minimum atomic E-state index is -4.45. The van der Waals surface area contributed by atoms with Gasteiger partial charge >= 0.3 is 6.18 Å². The summed E-state index contributed by atoms with van der Waals surface area (Å²) in [5.41, 5.74) is 4.85. The third kappa shape index (κ3) is 6.49. The number of halogens is 3. The van der Waals surface area contributed by atoms with E-state index in [1.165, 1.54) is 12.1 Å². The maximum Gasteiger partial charge on any atom is 0.416 e. The highest BCUT2D eigenvalue weighted by Gasteiger charge is 2.30. The van der Waals surface area contributed by atoms with Crippen molar-refractivity contribution in [3.8, 4) is 0 Å². The van der Waals surface area contributed by atoms with Gasteiger partial charge in [0.1, 0.15) is 6.04 Å². The zero-order chi connectivity index (χ0) is 20.7. The Morgan fingerprint density at radius 2 is 1.64 bits per heavy atom. The minimum absolute atomic E-state index is 0.0790. The van der Waals surface area contributed by atoms with Crippen molar-refractivity contribution in [3.63, 3.8) is 0 Å². The molecule has 3 N–H and O–H groups in total. The second-order valence-electron chi connectivity index (χ2n) is 6.05. The van der Waals surface area contributed by atoms with Crippen LogP contribution >= 0.6 is 0 Å². The third-order valence-corrected chi connectivity index (χ3v) is 5.33. The van der Waals surface area contributed by atoms with Crippen LogP contribution in [0.15, 0.2) is 59.5 Å². The van der Waals surface area contributed by atoms with E-state index >= 15 is 0 Å². The summed E-state index contributed by atoms with van der Waals surface area (Å²) in [6.07, 6.45) is -4.58. The molecule has 2 atom stereocenters. The lowest BCUT2D eigenvalue weighted by molar-refractivity contribution is -0.137. The summed E-state index contributed by atoms with van der Waals surface area (Å²) in [4.78, 5) is 24.3. The van der Waals surface area contributed by atoms with Crippen molar-refractivity contribution in [3.05, 3.63) is 65.7 Å². The van der Waals surface area contributed by atoms with Crippen molar-refractivity contribution in [2.45, 2.75) is 30.0 Å². The number of nitrogens with two attached hydrogens (primary N) is 1. The highest BCUT2D eigenvalue weighted by atomic mass is 32.2. The molecule has 2 rings (SSSR count). The molecule has 0 heterocycles. The second-order valence-corrected chi connectivity index (χ2v) is 7.62. The first kappa shape index (κ1) is 21.6. The van der Waals surface area contributed by atoms with Crippen molar-refractivity contribution in [2.24, 2.45) is 5.73 Å². The number of benzene rings is 2. The average Bonchev–Trinajstić information content (AvgIpc) is 2.65. The summed E-state index contributed by atoms with van der Waals surface area (Å²) in [5, 5.41) is 2.45. The fourth-order valence-corrected chi connectivity index (χ4v) is 3.59. The van der Waals surface area contributed by atoms with E-state index in [1.54, 1.807) is 30.3 Å². The van der Waals surface area contributed by atoms with Crippen molar-refractivity contribution < 1.29 is 27.0 Å². The van der Waals surface area contributed by atoms with Gasteiger partial charge in [-0.2, -0.15) is 13.2 Å². The van der Waals surface area contributed by atoms with Gasteiger partial charge in [0.25, 0.3) is 0 Å². The molecule has 9 heteroatoms. The van der Waals surface area contributed by atoms with Gasteiger partial charge in [-0.1, -0.05) is 30.3 Å². The minimum Gasteiger partial charge on any atom is -0.368 e. The van der Waals surface area contributed by atoms with E-state index < -0.39 is 40.4 Å². The number of nitrogens with one attached hydrogen (secondary N) is 1. The number of alkyl halides is 3. The van der Waals surface area contributed by atoms with Crippen molar-refractivity contribution in [1.29, 1.82) is 0 Å². The molecule has 0 aliphatic heterocycles. The summed E-state index contributed by atoms with van der Waals surface area (Å²) in [5.74, 6) is -1.21. The van der Waals surface area contributed by atoms with Gasteiger partial charge < -0.3 is 11.1 Å². The first-order chi connectivity index (χ1) is 13.2. The van der Waals surface area contributed by atoms with Gasteiger partial charge in [0, 0.05) is 10.6 Å². The van der Waals surface area contributed by atoms with Crippen LogP contribution in [0, 0.1) is 0 Å². The first-order valence-corrected chi connectivity index (χ1v) is 9.67. The van der Waals surface area contributed by atoms with Crippen LogP contribution in [0.2, 0.25) is 0 Å². The summed E-state index contributed by atoms with van der Waals surface area (Å²) in [6, 6.07) is 11.8. The van der Waals surface area contributed by atoms with Crippen LogP contribution in [0.1, 0.15) is 17.5 Å². The van der Waals surface area contributed by atoms with Crippen LogP contribution in [0.3, 0.4) is 0 Å². The monoisotopic (exact) mass is 412 g/mol. The highest BCUT2D eigenvalue weighted by Crippen LogP contribution is 2.29. The molecule has 0 saturated heterocycles. The van der Waals surface area contributed by atoms with Crippen molar-refractivity contribution in [1.82, 2.24) is 5.32 Å². The molecule has 0 radical (unpaired) electrons. The molecule has 0 aliphatic rings. The van der Waals surface area contributed by atoms with Crippen molar-refractivity contribution in [2.75, 3.05) is 5.75 Å². The number of rotatable bonds is 8. The average molecular weight is 412 g/mol. The standard InChI is InChI=1S/C19H19F3N2O3S/c20-19(21,22)14-8-6-13(7-9-14)12-17(25)24-16(18(23)26)10-11-28(27)15-4-2-1-3-5-15/h1-9,16H,10-12H2,(H2,23,26)(H,24,25)/t16-,28-/m1/s1. The van der Waals surface area contributed by atoms with Crippen LogP contribution in [-0.4, -0.2) is 27.8 Å². The quantitative estimate of drug-likeness (QED) is 0.698. The summed E-state index contributed by atoms with van der Waals surface area (Å²) in [7, 11) is -1.35. The Morgan fingerprint density at radius 1 is 1.04 bits per heavy atom. The molecule has 0 saturated carbocycles. The number of hydrogen-bond acceptors (Lipinski definition) is 3. The van der Waals surface area contributed by atoms with E-state index in [0.29, 0.717) is 10.5 Å². The Balaban J connectivity index is 1.91. The van der Waals surface area contributed by atoms with Crippen molar-refractivity contribution >= 4 is 22.6 Å². The molecule has 2 aromatic rings. The van der Waals surface area contributed by atoms with Gasteiger partial charge in [-0.25, -0.2) is 0 Å². The molecule has 150 valence electrons. The normalized spacial score (nSPS) is 13.5. The maximum absolute atomic E-state index is 12.6. The van der Waals surface area contributed by atoms with Gasteiger partial charge in [-0.3, -0.25) is 13.8 Å². The Hall–Kier alpha value is -2.68. The predicted molar refractivity (Wildman–Crippen MR) is 98.6 cm³/mol. The smallest absolute Gasteiger partial charge is 0.368 e. The molecule has 0 fully saturated rings. The van der Waals surface area contributed by atoms with Crippen LogP contribution in [0.5, 0.6) is 0 Å². The van der Waals surface area contributed by atoms with Gasteiger partial charge in [0.15, 0.2) is 0 Å². The van der Waals surface area contributed by atoms with E-state index in [-0.39, 0.29) is 18.6 Å².